The van der Waals surface area contributed by atoms with E-state index in [0.717, 1.165) is 0 Å². The number of nitrogens with zero attached hydrogens (tertiary/aromatic N) is 8. The van der Waals surface area contributed by atoms with Gasteiger partial charge in [0.1, 0.15) is 30.0 Å². The Bertz CT molecular complexity index is 991. The fraction of sp³-hybridized carbons (Fsp3) is 0. The zero-order valence-corrected chi connectivity index (χ0v) is 12.2. The Balaban J connectivity index is 2.07. The highest BCUT2D eigenvalue weighted by atomic mass is 35.5. The molecule has 0 aliphatic rings. The van der Waals surface area contributed by atoms with Crippen molar-refractivity contribution in [2.24, 2.45) is 0 Å². The van der Waals surface area contributed by atoms with E-state index in [2.05, 4.69) is 29.9 Å². The van der Waals surface area contributed by atoms with E-state index in [0.29, 0.717) is 22.3 Å². The van der Waals surface area contributed by atoms with Crippen LogP contribution in [0, 0.1) is 0 Å². The van der Waals surface area contributed by atoms with E-state index in [1.165, 1.54) is 19.0 Å². The highest BCUT2D eigenvalue weighted by molar-refractivity contribution is 6.35. The summed E-state index contributed by atoms with van der Waals surface area (Å²) < 4.78 is 3.20. The molecule has 0 aliphatic heterocycles. The molecule has 0 saturated heterocycles. The first-order chi connectivity index (χ1) is 10.1. The van der Waals surface area contributed by atoms with Gasteiger partial charge in [-0.3, -0.25) is 0 Å². The van der Waals surface area contributed by atoms with E-state index in [1.54, 1.807) is 9.35 Å². The first-order valence-electron chi connectivity index (χ1n) is 5.55. The average Bonchev–Trinajstić information content (AvgIpc) is 3.03. The van der Waals surface area contributed by atoms with Crippen LogP contribution in [0.4, 0.5) is 0 Å². The van der Waals surface area contributed by atoms with Gasteiger partial charge in [-0.25, -0.2) is 34.3 Å². The quantitative estimate of drug-likeness (QED) is 0.390. The minimum absolute atomic E-state index is 0.0197. The SMILES string of the molecule is Clc1nc(Cl)c2ncn(-n3cnc4c(Cl)ncnc43)c2n1. The molecule has 21 heavy (non-hydrogen) atoms. The lowest BCUT2D eigenvalue weighted by atomic mass is 10.5. The summed E-state index contributed by atoms with van der Waals surface area (Å²) in [6.07, 6.45) is 4.38. The number of hydrogen-bond donors (Lipinski definition) is 0. The summed E-state index contributed by atoms with van der Waals surface area (Å²) in [5.74, 6) is 0. The lowest BCUT2D eigenvalue weighted by molar-refractivity contribution is 0.687. The van der Waals surface area contributed by atoms with Crippen molar-refractivity contribution in [1.29, 1.82) is 0 Å². The Labute approximate surface area is 131 Å². The zero-order valence-electron chi connectivity index (χ0n) is 9.94. The minimum Gasteiger partial charge on any atom is -0.230 e. The normalized spacial score (nSPS) is 11.6. The lowest BCUT2D eigenvalue weighted by Gasteiger charge is -2.05. The largest absolute Gasteiger partial charge is 0.230 e. The number of halogens is 3. The van der Waals surface area contributed by atoms with E-state index in [1.807, 2.05) is 0 Å². The molecule has 0 N–H and O–H groups in total. The summed E-state index contributed by atoms with van der Waals surface area (Å²) in [6.45, 7) is 0. The lowest BCUT2D eigenvalue weighted by Crippen LogP contribution is -2.08. The maximum atomic E-state index is 6.00. The number of fused-ring (bicyclic) bond motifs is 2. The number of imidazole rings is 2. The first kappa shape index (κ1) is 12.7. The molecule has 0 bridgehead atoms. The smallest absolute Gasteiger partial charge is 0.225 e. The fourth-order valence-corrected chi connectivity index (χ4v) is 2.54. The molecule has 0 spiro atoms. The second-order valence-electron chi connectivity index (χ2n) is 3.97. The van der Waals surface area contributed by atoms with Crippen LogP contribution in [0.15, 0.2) is 19.0 Å². The van der Waals surface area contributed by atoms with Crippen molar-refractivity contribution < 1.29 is 0 Å². The van der Waals surface area contributed by atoms with Gasteiger partial charge in [0.05, 0.1) is 0 Å². The molecule has 0 atom stereocenters. The van der Waals surface area contributed by atoms with Gasteiger partial charge in [0.15, 0.2) is 21.6 Å². The van der Waals surface area contributed by atoms with Crippen molar-refractivity contribution in [1.82, 2.24) is 39.3 Å². The molecule has 0 aromatic carbocycles. The molecule has 0 radical (unpaired) electrons. The third kappa shape index (κ3) is 1.84. The van der Waals surface area contributed by atoms with Gasteiger partial charge in [0.25, 0.3) is 0 Å². The molecule has 0 unspecified atom stereocenters. The van der Waals surface area contributed by atoms with Gasteiger partial charge < -0.3 is 0 Å². The van der Waals surface area contributed by atoms with Crippen LogP contribution in [0.1, 0.15) is 0 Å². The molecule has 0 saturated carbocycles. The van der Waals surface area contributed by atoms with E-state index in [-0.39, 0.29) is 15.6 Å². The summed E-state index contributed by atoms with van der Waals surface area (Å²) >= 11 is 17.8. The van der Waals surface area contributed by atoms with Crippen LogP contribution in [0.5, 0.6) is 0 Å². The molecule has 0 fully saturated rings. The van der Waals surface area contributed by atoms with Crippen LogP contribution in [-0.2, 0) is 0 Å². The van der Waals surface area contributed by atoms with Crippen molar-refractivity contribution in [3.05, 3.63) is 34.6 Å². The molecule has 8 nitrogen and oxygen atoms in total. The molecule has 11 heteroatoms. The van der Waals surface area contributed by atoms with E-state index < -0.39 is 0 Å². The van der Waals surface area contributed by atoms with Crippen molar-refractivity contribution in [3.63, 3.8) is 0 Å². The van der Waals surface area contributed by atoms with Crippen LogP contribution < -0.4 is 0 Å². The summed E-state index contributed by atoms with van der Waals surface area (Å²) in [4.78, 5) is 24.3. The minimum atomic E-state index is 0.0197. The van der Waals surface area contributed by atoms with Crippen LogP contribution in [0.25, 0.3) is 22.3 Å². The van der Waals surface area contributed by atoms with Crippen LogP contribution in [0.2, 0.25) is 15.6 Å². The predicted molar refractivity (Wildman–Crippen MR) is 76.5 cm³/mol. The second-order valence-corrected chi connectivity index (χ2v) is 5.02. The molecular formula is C10H3Cl3N8. The third-order valence-electron chi connectivity index (χ3n) is 2.81. The van der Waals surface area contributed by atoms with Gasteiger partial charge in [0.2, 0.25) is 5.28 Å². The van der Waals surface area contributed by atoms with Crippen LogP contribution in [-0.4, -0.2) is 39.3 Å². The Morgan fingerprint density at radius 2 is 1.38 bits per heavy atom. The highest BCUT2D eigenvalue weighted by Gasteiger charge is 2.15. The molecule has 4 aromatic rings. The van der Waals surface area contributed by atoms with Crippen LogP contribution >= 0.6 is 34.8 Å². The Morgan fingerprint density at radius 3 is 2.14 bits per heavy atom. The van der Waals surface area contributed by atoms with E-state index >= 15 is 0 Å². The van der Waals surface area contributed by atoms with Gasteiger partial charge in [-0.05, 0) is 11.6 Å². The summed E-state index contributed by atoms with van der Waals surface area (Å²) in [5.41, 5.74) is 1.81. The third-order valence-corrected chi connectivity index (χ3v) is 3.52. The monoisotopic (exact) mass is 340 g/mol. The Hall–Kier alpha value is -2.03. The molecule has 104 valence electrons. The Morgan fingerprint density at radius 1 is 0.714 bits per heavy atom. The van der Waals surface area contributed by atoms with Crippen molar-refractivity contribution in [2.75, 3.05) is 0 Å². The molecule has 4 heterocycles. The van der Waals surface area contributed by atoms with Gasteiger partial charge >= 0.3 is 0 Å². The maximum absolute atomic E-state index is 6.00. The van der Waals surface area contributed by atoms with Crippen molar-refractivity contribution in [3.8, 4) is 0 Å². The van der Waals surface area contributed by atoms with Gasteiger partial charge in [-0.1, -0.05) is 23.2 Å². The standard InChI is InChI=1S/C10H3Cl3N8/c11-6-4-8(15-1-14-6)20(2-16-4)21-3-17-5-7(12)18-10(13)19-9(5)21/h1-3H. The molecule has 0 amide bonds. The van der Waals surface area contributed by atoms with Gasteiger partial charge in [-0.15, -0.1) is 0 Å². The predicted octanol–water partition coefficient (Wildman–Crippen LogP) is 2.24. The maximum Gasteiger partial charge on any atom is 0.225 e. The van der Waals surface area contributed by atoms with Crippen molar-refractivity contribution >= 4 is 57.1 Å². The molecule has 0 aliphatic carbocycles. The topological polar surface area (TPSA) is 87.2 Å². The molecule has 4 aromatic heterocycles. The Kier molecular flexibility index (Phi) is 2.71. The summed E-state index contributed by atoms with van der Waals surface area (Å²) in [7, 11) is 0. The first-order valence-corrected chi connectivity index (χ1v) is 6.69. The zero-order chi connectivity index (χ0) is 14.6. The fourth-order valence-electron chi connectivity index (χ4n) is 1.94. The number of aromatic nitrogens is 8. The number of rotatable bonds is 1. The number of hydrogen-bond acceptors (Lipinski definition) is 6. The molecular weight excluding hydrogens is 339 g/mol. The average molecular weight is 342 g/mol. The summed E-state index contributed by atoms with van der Waals surface area (Å²) in [6, 6.07) is 0. The molecule has 4 rings (SSSR count). The van der Waals surface area contributed by atoms with E-state index in [4.69, 9.17) is 34.8 Å². The second kappa shape index (κ2) is 4.48. The highest BCUT2D eigenvalue weighted by Crippen LogP contribution is 2.23. The van der Waals surface area contributed by atoms with Crippen molar-refractivity contribution in [2.45, 2.75) is 0 Å². The van der Waals surface area contributed by atoms with E-state index in [9.17, 15) is 0 Å². The van der Waals surface area contributed by atoms with Gasteiger partial charge in [0, 0.05) is 0 Å². The van der Waals surface area contributed by atoms with Crippen LogP contribution in [0.3, 0.4) is 0 Å². The summed E-state index contributed by atoms with van der Waals surface area (Å²) in [5, 5.41) is 0.445. The van der Waals surface area contributed by atoms with Gasteiger partial charge in [-0.2, -0.15) is 4.98 Å².